The van der Waals surface area contributed by atoms with E-state index in [4.69, 9.17) is 4.55 Å². The van der Waals surface area contributed by atoms with Crippen LogP contribution in [0.1, 0.15) is 51.0 Å². The molecule has 103 valence electrons. The van der Waals surface area contributed by atoms with Gasteiger partial charge < -0.3 is 0 Å². The summed E-state index contributed by atoms with van der Waals surface area (Å²) < 4.78 is 30.6. The Morgan fingerprint density at radius 2 is 1.47 bits per heavy atom. The topological polar surface area (TPSA) is 54.4 Å². The number of aryl methyl sites for hydroxylation is 1. The van der Waals surface area contributed by atoms with Gasteiger partial charge in [-0.05, 0) is 30.5 Å². The Morgan fingerprint density at radius 1 is 0.947 bits per heavy atom. The molecule has 0 unspecified atom stereocenters. The van der Waals surface area contributed by atoms with Crippen LogP contribution in [0.25, 0.3) is 0 Å². The van der Waals surface area contributed by atoms with Crippen LogP contribution >= 0.6 is 0 Å². The van der Waals surface area contributed by atoms with E-state index in [1.807, 2.05) is 0 Å². The van der Waals surface area contributed by atoms with Crippen LogP contribution in [0.5, 0.6) is 0 Å². The molecule has 0 heterocycles. The molecule has 19 heavy (non-hydrogen) atoms. The van der Waals surface area contributed by atoms with E-state index in [1.165, 1.54) is 44.2 Å². The second kappa shape index (κ2) is 9.94. The summed E-state index contributed by atoms with van der Waals surface area (Å²) in [6.45, 7) is 2.21. The largest absolute Gasteiger partial charge is 0.294 e. The zero-order valence-corrected chi connectivity index (χ0v) is 14.7. The second-order valence-electron chi connectivity index (χ2n) is 4.64. The molecule has 1 aromatic carbocycles. The molecule has 1 aromatic rings. The SMILES string of the molecule is CCCCCCCCc1ccc(S(=O)(=O)O)cc1.[Na]. The minimum absolute atomic E-state index is 0. The van der Waals surface area contributed by atoms with Gasteiger partial charge in [0, 0.05) is 29.6 Å². The first-order valence-electron chi connectivity index (χ1n) is 6.60. The molecular formula is C14H22NaO3S. The van der Waals surface area contributed by atoms with Crippen LogP contribution in [0.2, 0.25) is 0 Å². The van der Waals surface area contributed by atoms with Crippen molar-refractivity contribution in [3.8, 4) is 0 Å². The van der Waals surface area contributed by atoms with E-state index in [2.05, 4.69) is 6.92 Å². The molecule has 1 rings (SSSR count). The Kier molecular flexibility index (Phi) is 10.0. The predicted octanol–water partition coefficient (Wildman–Crippen LogP) is 3.46. The maximum absolute atomic E-state index is 10.9. The Labute approximate surface area is 138 Å². The first-order valence-corrected chi connectivity index (χ1v) is 8.04. The number of unbranched alkanes of at least 4 members (excludes halogenated alkanes) is 5. The molecule has 0 saturated carbocycles. The molecule has 0 aliphatic carbocycles. The fourth-order valence-electron chi connectivity index (χ4n) is 1.94. The fourth-order valence-corrected chi connectivity index (χ4v) is 2.42. The molecule has 0 atom stereocenters. The second-order valence-corrected chi connectivity index (χ2v) is 6.06. The third kappa shape index (κ3) is 8.10. The van der Waals surface area contributed by atoms with Crippen LogP contribution in [0.4, 0.5) is 0 Å². The standard InChI is InChI=1S/C14H22O3S.Na/c1-2-3-4-5-6-7-8-13-9-11-14(12-10-13)18(15,16)17;/h9-12H,2-8H2,1H3,(H,15,16,17);. The summed E-state index contributed by atoms with van der Waals surface area (Å²) in [6.07, 6.45) is 8.47. The maximum Gasteiger partial charge on any atom is 0.294 e. The summed E-state index contributed by atoms with van der Waals surface area (Å²) in [5.74, 6) is 0. The zero-order valence-electron chi connectivity index (χ0n) is 11.9. The smallest absolute Gasteiger partial charge is 0.282 e. The third-order valence-corrected chi connectivity index (χ3v) is 3.91. The van der Waals surface area contributed by atoms with Crippen LogP contribution in [-0.2, 0) is 16.5 Å². The third-order valence-electron chi connectivity index (χ3n) is 3.04. The van der Waals surface area contributed by atoms with Crippen LogP contribution in [0, 0.1) is 0 Å². The fraction of sp³-hybridized carbons (Fsp3) is 0.571. The molecule has 0 saturated heterocycles. The van der Waals surface area contributed by atoms with Gasteiger partial charge in [0.05, 0.1) is 4.90 Å². The molecule has 0 bridgehead atoms. The first-order chi connectivity index (χ1) is 8.54. The van der Waals surface area contributed by atoms with Crippen LogP contribution in [0.3, 0.4) is 0 Å². The molecule has 1 radical (unpaired) electrons. The van der Waals surface area contributed by atoms with Crippen molar-refractivity contribution in [2.75, 3.05) is 0 Å². The van der Waals surface area contributed by atoms with Crippen molar-refractivity contribution in [2.24, 2.45) is 0 Å². The van der Waals surface area contributed by atoms with E-state index >= 15 is 0 Å². The van der Waals surface area contributed by atoms with Crippen LogP contribution < -0.4 is 0 Å². The van der Waals surface area contributed by atoms with Gasteiger partial charge in [-0.15, -0.1) is 0 Å². The summed E-state index contributed by atoms with van der Waals surface area (Å²) in [5.41, 5.74) is 1.12. The molecule has 1 N–H and O–H groups in total. The Balaban J connectivity index is 0.00000324. The normalized spacial score (nSPS) is 11.1. The molecule has 0 fully saturated rings. The van der Waals surface area contributed by atoms with Gasteiger partial charge in [0.15, 0.2) is 0 Å². The van der Waals surface area contributed by atoms with E-state index in [9.17, 15) is 8.42 Å². The summed E-state index contributed by atoms with van der Waals surface area (Å²) >= 11 is 0. The van der Waals surface area contributed by atoms with Crippen molar-refractivity contribution in [1.29, 1.82) is 0 Å². The van der Waals surface area contributed by atoms with E-state index in [0.717, 1.165) is 18.4 Å². The van der Waals surface area contributed by atoms with E-state index in [1.54, 1.807) is 12.1 Å². The van der Waals surface area contributed by atoms with Gasteiger partial charge in [-0.1, -0.05) is 51.2 Å². The number of benzene rings is 1. The van der Waals surface area contributed by atoms with E-state index in [0.29, 0.717) is 0 Å². The van der Waals surface area contributed by atoms with Gasteiger partial charge in [-0.3, -0.25) is 4.55 Å². The molecular weight excluding hydrogens is 271 g/mol. The average Bonchev–Trinajstić information content (AvgIpc) is 2.33. The van der Waals surface area contributed by atoms with Gasteiger partial charge in [0.25, 0.3) is 10.1 Å². The van der Waals surface area contributed by atoms with Crippen LogP contribution in [-0.4, -0.2) is 42.5 Å². The molecule has 0 aliphatic heterocycles. The van der Waals surface area contributed by atoms with Gasteiger partial charge >= 0.3 is 0 Å². The average molecular weight is 293 g/mol. The number of hydrogen-bond acceptors (Lipinski definition) is 2. The molecule has 0 aliphatic rings. The van der Waals surface area contributed by atoms with Crippen molar-refractivity contribution in [3.63, 3.8) is 0 Å². The molecule has 3 nitrogen and oxygen atoms in total. The Hall–Kier alpha value is 0.130. The van der Waals surface area contributed by atoms with Crippen molar-refractivity contribution in [2.45, 2.75) is 56.8 Å². The zero-order chi connectivity index (χ0) is 13.4. The van der Waals surface area contributed by atoms with Crippen molar-refractivity contribution >= 4 is 39.7 Å². The van der Waals surface area contributed by atoms with Gasteiger partial charge in [0.2, 0.25) is 0 Å². The van der Waals surface area contributed by atoms with E-state index in [-0.39, 0.29) is 34.5 Å². The van der Waals surface area contributed by atoms with Crippen molar-refractivity contribution < 1.29 is 13.0 Å². The van der Waals surface area contributed by atoms with Gasteiger partial charge in [-0.25, -0.2) is 0 Å². The molecule has 0 aromatic heterocycles. The monoisotopic (exact) mass is 293 g/mol. The predicted molar refractivity (Wildman–Crippen MR) is 79.1 cm³/mol. The van der Waals surface area contributed by atoms with E-state index < -0.39 is 10.1 Å². The molecule has 0 amide bonds. The summed E-state index contributed by atoms with van der Waals surface area (Å²) in [7, 11) is -4.06. The van der Waals surface area contributed by atoms with Crippen LogP contribution in [0.15, 0.2) is 29.2 Å². The summed E-state index contributed by atoms with van der Waals surface area (Å²) in [6, 6.07) is 6.47. The minimum Gasteiger partial charge on any atom is -0.282 e. The minimum atomic E-state index is -4.06. The summed E-state index contributed by atoms with van der Waals surface area (Å²) in [5, 5.41) is 0. The van der Waals surface area contributed by atoms with Gasteiger partial charge in [0.1, 0.15) is 0 Å². The molecule has 5 heteroatoms. The molecule has 0 spiro atoms. The van der Waals surface area contributed by atoms with Crippen molar-refractivity contribution in [1.82, 2.24) is 0 Å². The first kappa shape index (κ1) is 19.1. The number of hydrogen-bond donors (Lipinski definition) is 1. The quantitative estimate of drug-likeness (QED) is 0.454. The Bertz CT molecular complexity index is 440. The van der Waals surface area contributed by atoms with Crippen molar-refractivity contribution in [3.05, 3.63) is 29.8 Å². The number of rotatable bonds is 8. The Morgan fingerprint density at radius 3 is 2.00 bits per heavy atom. The summed E-state index contributed by atoms with van der Waals surface area (Å²) in [4.78, 5) is -0.0332. The van der Waals surface area contributed by atoms with Gasteiger partial charge in [-0.2, -0.15) is 8.42 Å². The maximum atomic E-state index is 10.9.